The monoisotopic (exact) mass is 466 g/mol. The van der Waals surface area contributed by atoms with Gasteiger partial charge in [-0.15, -0.1) is 0 Å². The van der Waals surface area contributed by atoms with E-state index in [1.54, 1.807) is 6.92 Å². The number of carboxylic acids is 1. The van der Waals surface area contributed by atoms with E-state index in [1.807, 2.05) is 36.4 Å². The quantitative estimate of drug-likeness (QED) is 0.550. The number of carbonyl (C=O) groups excluding carboxylic acids is 2. The van der Waals surface area contributed by atoms with Gasteiger partial charge in [0.2, 0.25) is 5.91 Å². The van der Waals surface area contributed by atoms with Crippen LogP contribution in [-0.4, -0.2) is 55.5 Å². The molecule has 3 atom stereocenters. The number of carbonyl (C=O) groups is 3. The predicted molar refractivity (Wildman–Crippen MR) is 125 cm³/mol. The number of hydrogen-bond donors (Lipinski definition) is 3. The van der Waals surface area contributed by atoms with Crippen LogP contribution in [0.4, 0.5) is 4.79 Å². The Bertz CT molecular complexity index is 1040. The number of nitrogens with one attached hydrogen (secondary N) is 2. The minimum Gasteiger partial charge on any atom is -0.481 e. The van der Waals surface area contributed by atoms with Crippen molar-refractivity contribution in [1.82, 2.24) is 10.6 Å². The van der Waals surface area contributed by atoms with Gasteiger partial charge in [-0.05, 0) is 42.0 Å². The van der Waals surface area contributed by atoms with Crippen LogP contribution >= 0.6 is 0 Å². The molecule has 2 amide bonds. The SMILES string of the molecule is COCC(NC(=O)OCC1c2ccccc2-c2ccccc21)C(=O)NC1CCCC1(C)C(=O)O. The summed E-state index contributed by atoms with van der Waals surface area (Å²) in [6.45, 7) is 1.70. The molecule has 2 aliphatic rings. The summed E-state index contributed by atoms with van der Waals surface area (Å²) in [4.78, 5) is 37.2. The van der Waals surface area contributed by atoms with Gasteiger partial charge in [-0.2, -0.15) is 0 Å². The first kappa shape index (κ1) is 23.8. The van der Waals surface area contributed by atoms with Gasteiger partial charge >= 0.3 is 12.1 Å². The van der Waals surface area contributed by atoms with E-state index in [4.69, 9.17) is 9.47 Å². The van der Waals surface area contributed by atoms with Crippen LogP contribution in [0.25, 0.3) is 11.1 Å². The maximum Gasteiger partial charge on any atom is 0.407 e. The normalized spacial score (nSPS) is 21.9. The maximum absolute atomic E-state index is 12.9. The number of rotatable bonds is 8. The molecular formula is C26H30N2O6. The molecule has 2 aromatic rings. The van der Waals surface area contributed by atoms with Crippen LogP contribution in [0, 0.1) is 5.41 Å². The summed E-state index contributed by atoms with van der Waals surface area (Å²) in [6.07, 6.45) is 1.04. The Morgan fingerprint density at radius 3 is 2.29 bits per heavy atom. The smallest absolute Gasteiger partial charge is 0.407 e. The number of fused-ring (bicyclic) bond motifs is 3. The number of amides is 2. The second kappa shape index (κ2) is 9.85. The number of carboxylic acid groups (broad SMARTS) is 1. The second-order valence-electron chi connectivity index (χ2n) is 9.15. The summed E-state index contributed by atoms with van der Waals surface area (Å²) in [5.74, 6) is -1.53. The fourth-order valence-corrected chi connectivity index (χ4v) is 5.06. The number of alkyl carbamates (subject to hydrolysis) is 1. The molecule has 8 heteroatoms. The average molecular weight is 467 g/mol. The van der Waals surface area contributed by atoms with Gasteiger partial charge < -0.3 is 25.2 Å². The van der Waals surface area contributed by atoms with Gasteiger partial charge in [0.05, 0.1) is 12.0 Å². The van der Waals surface area contributed by atoms with Crippen molar-refractivity contribution < 1.29 is 29.0 Å². The Kier molecular flexibility index (Phi) is 6.88. The van der Waals surface area contributed by atoms with Crippen LogP contribution in [-0.2, 0) is 19.1 Å². The molecule has 8 nitrogen and oxygen atoms in total. The zero-order valence-electron chi connectivity index (χ0n) is 19.4. The van der Waals surface area contributed by atoms with E-state index in [1.165, 1.54) is 7.11 Å². The topological polar surface area (TPSA) is 114 Å². The molecule has 2 aliphatic carbocycles. The molecule has 0 saturated heterocycles. The highest BCUT2D eigenvalue weighted by molar-refractivity contribution is 5.87. The summed E-state index contributed by atoms with van der Waals surface area (Å²) in [7, 11) is 1.43. The molecule has 0 radical (unpaired) electrons. The van der Waals surface area contributed by atoms with Crippen LogP contribution in [0.5, 0.6) is 0 Å². The molecule has 1 saturated carbocycles. The Hall–Kier alpha value is -3.39. The van der Waals surface area contributed by atoms with Gasteiger partial charge in [-0.1, -0.05) is 55.0 Å². The lowest BCUT2D eigenvalue weighted by atomic mass is 9.85. The molecule has 34 heavy (non-hydrogen) atoms. The molecule has 0 bridgehead atoms. The zero-order valence-corrected chi connectivity index (χ0v) is 19.4. The van der Waals surface area contributed by atoms with E-state index in [0.29, 0.717) is 19.3 Å². The third kappa shape index (κ3) is 4.50. The molecule has 0 aromatic heterocycles. The highest BCUT2D eigenvalue weighted by atomic mass is 16.5. The second-order valence-corrected chi connectivity index (χ2v) is 9.15. The number of ether oxygens (including phenoxy) is 2. The number of benzene rings is 2. The Balaban J connectivity index is 1.39. The Morgan fingerprint density at radius 1 is 1.09 bits per heavy atom. The Morgan fingerprint density at radius 2 is 1.71 bits per heavy atom. The highest BCUT2D eigenvalue weighted by Gasteiger charge is 2.46. The van der Waals surface area contributed by atoms with Crippen LogP contribution in [0.1, 0.15) is 43.2 Å². The number of hydrogen-bond acceptors (Lipinski definition) is 5. The van der Waals surface area contributed by atoms with E-state index in [-0.39, 0.29) is 19.1 Å². The van der Waals surface area contributed by atoms with Crippen LogP contribution in [0.15, 0.2) is 48.5 Å². The standard InChI is InChI=1S/C26H30N2O6/c1-26(24(30)31)13-7-12-22(26)28-23(29)21(15-33-2)27-25(32)34-14-20-18-10-5-3-8-16(18)17-9-4-6-11-19(17)20/h3-6,8-11,20-22H,7,12-15H2,1-2H3,(H,27,32)(H,28,29)(H,30,31). The molecular weight excluding hydrogens is 436 g/mol. The first-order valence-corrected chi connectivity index (χ1v) is 11.5. The van der Waals surface area contributed by atoms with Crippen molar-refractivity contribution in [1.29, 1.82) is 0 Å². The van der Waals surface area contributed by atoms with Crippen molar-refractivity contribution in [3.63, 3.8) is 0 Å². The van der Waals surface area contributed by atoms with E-state index in [2.05, 4.69) is 22.8 Å². The molecule has 0 spiro atoms. The van der Waals surface area contributed by atoms with Crippen LogP contribution < -0.4 is 10.6 Å². The maximum atomic E-state index is 12.9. The summed E-state index contributed by atoms with van der Waals surface area (Å²) in [5, 5.41) is 15.0. The summed E-state index contributed by atoms with van der Waals surface area (Å²) >= 11 is 0. The molecule has 0 aliphatic heterocycles. The Labute approximate surface area is 198 Å². The van der Waals surface area contributed by atoms with Gasteiger partial charge in [0.15, 0.2) is 0 Å². The van der Waals surface area contributed by atoms with Gasteiger partial charge in [0.1, 0.15) is 12.6 Å². The molecule has 2 aromatic carbocycles. The number of aliphatic carboxylic acids is 1. The summed E-state index contributed by atoms with van der Waals surface area (Å²) < 4.78 is 10.6. The van der Waals surface area contributed by atoms with Gasteiger partial charge in [0, 0.05) is 19.1 Å². The molecule has 4 rings (SSSR count). The largest absolute Gasteiger partial charge is 0.481 e. The fraction of sp³-hybridized carbons (Fsp3) is 0.423. The van der Waals surface area contributed by atoms with E-state index < -0.39 is 35.5 Å². The predicted octanol–water partition coefficient (Wildman–Crippen LogP) is 3.30. The van der Waals surface area contributed by atoms with Crippen LogP contribution in [0.2, 0.25) is 0 Å². The molecule has 1 fully saturated rings. The third-order valence-electron chi connectivity index (χ3n) is 7.05. The molecule has 3 unspecified atom stereocenters. The lowest BCUT2D eigenvalue weighted by Crippen LogP contribution is -2.55. The summed E-state index contributed by atoms with van der Waals surface area (Å²) in [6, 6.07) is 14.6. The molecule has 180 valence electrons. The lowest BCUT2D eigenvalue weighted by Gasteiger charge is -2.29. The minimum absolute atomic E-state index is 0.0630. The van der Waals surface area contributed by atoms with Crippen molar-refractivity contribution in [2.75, 3.05) is 20.3 Å². The van der Waals surface area contributed by atoms with Gasteiger partial charge in [0.25, 0.3) is 0 Å². The van der Waals surface area contributed by atoms with Crippen molar-refractivity contribution in [2.45, 2.75) is 44.2 Å². The third-order valence-corrected chi connectivity index (χ3v) is 7.05. The average Bonchev–Trinajstić information content (AvgIpc) is 3.36. The van der Waals surface area contributed by atoms with Crippen molar-refractivity contribution in [3.8, 4) is 11.1 Å². The van der Waals surface area contributed by atoms with Crippen LogP contribution in [0.3, 0.4) is 0 Å². The van der Waals surface area contributed by atoms with Crippen molar-refractivity contribution >= 4 is 18.0 Å². The van der Waals surface area contributed by atoms with Gasteiger partial charge in [-0.3, -0.25) is 9.59 Å². The lowest BCUT2D eigenvalue weighted by molar-refractivity contribution is -0.149. The fourth-order valence-electron chi connectivity index (χ4n) is 5.06. The number of methoxy groups -OCH3 is 1. The summed E-state index contributed by atoms with van der Waals surface area (Å²) in [5.41, 5.74) is 3.41. The van der Waals surface area contributed by atoms with E-state index in [9.17, 15) is 19.5 Å². The molecule has 3 N–H and O–H groups in total. The molecule has 0 heterocycles. The van der Waals surface area contributed by atoms with Gasteiger partial charge in [-0.25, -0.2) is 4.79 Å². The highest BCUT2D eigenvalue weighted by Crippen LogP contribution is 2.44. The van der Waals surface area contributed by atoms with E-state index >= 15 is 0 Å². The first-order valence-electron chi connectivity index (χ1n) is 11.5. The zero-order chi connectivity index (χ0) is 24.3. The first-order chi connectivity index (χ1) is 16.3. The minimum atomic E-state index is -1.03. The van der Waals surface area contributed by atoms with E-state index in [0.717, 1.165) is 22.3 Å². The van der Waals surface area contributed by atoms with Crippen molar-refractivity contribution in [2.24, 2.45) is 5.41 Å². The van der Waals surface area contributed by atoms with Crippen molar-refractivity contribution in [3.05, 3.63) is 59.7 Å².